The van der Waals surface area contributed by atoms with Crippen LogP contribution in [0.25, 0.3) is 0 Å². The minimum Gasteiger partial charge on any atom is -0.380 e. The van der Waals surface area contributed by atoms with E-state index >= 15 is 0 Å². The number of rotatable bonds is 10. The maximum Gasteiger partial charge on any atom is 0.244 e. The summed E-state index contributed by atoms with van der Waals surface area (Å²) >= 11 is 0. The second-order valence-corrected chi connectivity index (χ2v) is 6.44. The Hall–Kier alpha value is -1.18. The number of nitrogens with zero attached hydrogens (tertiary/aromatic N) is 2. The molecule has 0 saturated carbocycles. The first-order valence-corrected chi connectivity index (χ1v) is 8.78. The molecular weight excluding hydrogens is 290 g/mol. The molecule has 1 heterocycles. The summed E-state index contributed by atoms with van der Waals surface area (Å²) in [6.07, 6.45) is 2.39. The van der Waals surface area contributed by atoms with Crippen molar-refractivity contribution >= 4 is 15.8 Å². The van der Waals surface area contributed by atoms with E-state index in [2.05, 4.69) is 17.2 Å². The monoisotopic (exact) mass is 315 g/mol. The fraction of sp³-hybridized carbons (Fsp3) is 0.643. The van der Waals surface area contributed by atoms with Gasteiger partial charge >= 0.3 is 0 Å². The SMILES string of the molecule is CCCNc1ccc(S(=O)(=O)N(CC)CCOCC)cn1. The van der Waals surface area contributed by atoms with Crippen LogP contribution in [-0.4, -0.2) is 50.6 Å². The summed E-state index contributed by atoms with van der Waals surface area (Å²) in [5.41, 5.74) is 0. The van der Waals surface area contributed by atoms with E-state index in [9.17, 15) is 8.42 Å². The molecular formula is C14H25N3O3S. The van der Waals surface area contributed by atoms with Gasteiger partial charge in [0.25, 0.3) is 0 Å². The number of aromatic nitrogens is 1. The third kappa shape index (κ3) is 5.26. The van der Waals surface area contributed by atoms with E-state index in [4.69, 9.17) is 4.74 Å². The van der Waals surface area contributed by atoms with E-state index in [1.807, 2.05) is 13.8 Å². The number of likely N-dealkylation sites (N-methyl/N-ethyl adjacent to an activating group) is 1. The van der Waals surface area contributed by atoms with Gasteiger partial charge < -0.3 is 10.1 Å². The highest BCUT2D eigenvalue weighted by molar-refractivity contribution is 7.89. The molecule has 0 aliphatic rings. The van der Waals surface area contributed by atoms with Crippen LogP contribution in [0, 0.1) is 0 Å². The van der Waals surface area contributed by atoms with Gasteiger partial charge in [0.2, 0.25) is 10.0 Å². The number of hydrogen-bond donors (Lipinski definition) is 1. The highest BCUT2D eigenvalue weighted by Gasteiger charge is 2.23. The third-order valence-corrected chi connectivity index (χ3v) is 4.93. The van der Waals surface area contributed by atoms with E-state index in [1.165, 1.54) is 10.5 Å². The number of anilines is 1. The van der Waals surface area contributed by atoms with Crippen LogP contribution in [0.4, 0.5) is 5.82 Å². The quantitative estimate of drug-likeness (QED) is 0.668. The minimum atomic E-state index is -3.51. The van der Waals surface area contributed by atoms with Gasteiger partial charge in [0.1, 0.15) is 10.7 Å². The van der Waals surface area contributed by atoms with Gasteiger partial charge in [0.05, 0.1) is 6.61 Å². The molecule has 1 N–H and O–H groups in total. The van der Waals surface area contributed by atoms with E-state index in [0.717, 1.165) is 13.0 Å². The second kappa shape index (κ2) is 8.96. The summed E-state index contributed by atoms with van der Waals surface area (Å²) in [5.74, 6) is 0.688. The first-order chi connectivity index (χ1) is 10.1. The lowest BCUT2D eigenvalue weighted by molar-refractivity contribution is 0.135. The van der Waals surface area contributed by atoms with Crippen LogP contribution in [-0.2, 0) is 14.8 Å². The molecule has 21 heavy (non-hydrogen) atoms. The molecule has 1 aromatic rings. The van der Waals surface area contributed by atoms with Gasteiger partial charge in [-0.25, -0.2) is 13.4 Å². The first-order valence-electron chi connectivity index (χ1n) is 7.34. The normalized spacial score (nSPS) is 11.8. The fourth-order valence-corrected chi connectivity index (χ4v) is 3.18. The topological polar surface area (TPSA) is 71.5 Å². The summed E-state index contributed by atoms with van der Waals surface area (Å²) in [4.78, 5) is 4.36. The van der Waals surface area contributed by atoms with Crippen molar-refractivity contribution in [2.75, 3.05) is 38.2 Å². The fourth-order valence-electron chi connectivity index (χ4n) is 1.80. The molecule has 0 unspecified atom stereocenters. The largest absolute Gasteiger partial charge is 0.380 e. The van der Waals surface area contributed by atoms with Gasteiger partial charge in [-0.2, -0.15) is 4.31 Å². The Labute approximate surface area is 127 Å². The Bertz CT molecular complexity index is 503. The minimum absolute atomic E-state index is 0.211. The highest BCUT2D eigenvalue weighted by Crippen LogP contribution is 2.16. The van der Waals surface area contributed by atoms with Crippen LogP contribution >= 0.6 is 0 Å². The standard InChI is InChI=1S/C14H25N3O3S/c1-4-9-15-14-8-7-13(12-16-14)21(18,19)17(5-2)10-11-20-6-3/h7-8,12H,4-6,9-11H2,1-3H3,(H,15,16). The second-order valence-electron chi connectivity index (χ2n) is 4.50. The van der Waals surface area contributed by atoms with Gasteiger partial charge in [0.15, 0.2) is 0 Å². The van der Waals surface area contributed by atoms with Crippen molar-refractivity contribution in [3.05, 3.63) is 18.3 Å². The van der Waals surface area contributed by atoms with Gasteiger partial charge in [0, 0.05) is 32.4 Å². The average molecular weight is 315 g/mol. The molecule has 0 saturated heterocycles. The maximum absolute atomic E-state index is 12.5. The summed E-state index contributed by atoms with van der Waals surface area (Å²) < 4.78 is 31.6. The lowest BCUT2D eigenvalue weighted by atomic mass is 10.4. The number of sulfonamides is 1. The number of pyridine rings is 1. The van der Waals surface area contributed by atoms with Crippen LogP contribution < -0.4 is 5.32 Å². The van der Waals surface area contributed by atoms with Crippen molar-refractivity contribution in [1.82, 2.24) is 9.29 Å². The Morgan fingerprint density at radius 3 is 2.57 bits per heavy atom. The molecule has 0 aliphatic carbocycles. The maximum atomic E-state index is 12.5. The summed E-state index contributed by atoms with van der Waals surface area (Å²) in [5, 5.41) is 3.12. The predicted molar refractivity (Wildman–Crippen MR) is 83.9 cm³/mol. The lowest BCUT2D eigenvalue weighted by Gasteiger charge is -2.20. The van der Waals surface area contributed by atoms with E-state index in [-0.39, 0.29) is 4.90 Å². The van der Waals surface area contributed by atoms with E-state index in [0.29, 0.717) is 32.1 Å². The molecule has 6 nitrogen and oxygen atoms in total. The van der Waals surface area contributed by atoms with Gasteiger partial charge in [-0.05, 0) is 25.5 Å². The van der Waals surface area contributed by atoms with Gasteiger partial charge in [-0.15, -0.1) is 0 Å². The van der Waals surface area contributed by atoms with Crippen molar-refractivity contribution < 1.29 is 13.2 Å². The summed E-state index contributed by atoms with van der Waals surface area (Å²) in [6.45, 7) is 8.31. The van der Waals surface area contributed by atoms with Crippen LogP contribution in [0.3, 0.4) is 0 Å². The smallest absolute Gasteiger partial charge is 0.244 e. The third-order valence-electron chi connectivity index (χ3n) is 2.97. The number of nitrogens with one attached hydrogen (secondary N) is 1. The number of hydrogen-bond acceptors (Lipinski definition) is 5. The zero-order valence-corrected chi connectivity index (χ0v) is 13.8. The molecule has 0 radical (unpaired) electrons. The summed E-state index contributed by atoms with van der Waals surface area (Å²) in [6, 6.07) is 3.28. The van der Waals surface area contributed by atoms with Crippen molar-refractivity contribution in [2.24, 2.45) is 0 Å². The lowest BCUT2D eigenvalue weighted by Crippen LogP contribution is -2.34. The molecule has 1 rings (SSSR count). The van der Waals surface area contributed by atoms with E-state index < -0.39 is 10.0 Å². The van der Waals surface area contributed by atoms with Crippen molar-refractivity contribution in [2.45, 2.75) is 32.1 Å². The van der Waals surface area contributed by atoms with Crippen molar-refractivity contribution in [3.63, 3.8) is 0 Å². The zero-order valence-electron chi connectivity index (χ0n) is 13.0. The van der Waals surface area contributed by atoms with Crippen LogP contribution in [0.2, 0.25) is 0 Å². The predicted octanol–water partition coefficient (Wildman–Crippen LogP) is 1.95. The molecule has 0 bridgehead atoms. The summed E-state index contributed by atoms with van der Waals surface area (Å²) in [7, 11) is -3.51. The Kier molecular flexibility index (Phi) is 7.63. The molecule has 0 spiro atoms. The molecule has 7 heteroatoms. The molecule has 120 valence electrons. The molecule has 0 atom stereocenters. The Balaban J connectivity index is 2.79. The van der Waals surface area contributed by atoms with Crippen LogP contribution in [0.5, 0.6) is 0 Å². The molecule has 0 aliphatic heterocycles. The average Bonchev–Trinajstić information content (AvgIpc) is 2.49. The van der Waals surface area contributed by atoms with E-state index in [1.54, 1.807) is 12.1 Å². The van der Waals surface area contributed by atoms with Gasteiger partial charge in [-0.3, -0.25) is 0 Å². The Morgan fingerprint density at radius 1 is 1.29 bits per heavy atom. The first kappa shape index (κ1) is 17.9. The molecule has 0 aromatic carbocycles. The van der Waals surface area contributed by atoms with Crippen molar-refractivity contribution in [1.29, 1.82) is 0 Å². The van der Waals surface area contributed by atoms with Crippen LogP contribution in [0.15, 0.2) is 23.2 Å². The van der Waals surface area contributed by atoms with Crippen molar-refractivity contribution in [3.8, 4) is 0 Å². The molecule has 0 amide bonds. The molecule has 0 fully saturated rings. The van der Waals surface area contributed by atoms with Gasteiger partial charge in [-0.1, -0.05) is 13.8 Å². The van der Waals surface area contributed by atoms with Crippen LogP contribution in [0.1, 0.15) is 27.2 Å². The zero-order chi connectivity index (χ0) is 15.7. The molecule has 1 aromatic heterocycles. The number of ether oxygens (including phenoxy) is 1. The Morgan fingerprint density at radius 2 is 2.05 bits per heavy atom. The highest BCUT2D eigenvalue weighted by atomic mass is 32.2.